The number of fused-ring (bicyclic) bond motifs is 2. The number of aryl methyl sites for hydroxylation is 1. The number of alkyl halides is 3. The minimum absolute atomic E-state index is 0.170. The zero-order valence-electron chi connectivity index (χ0n) is 19.9. The fraction of sp³-hybridized carbons (Fsp3) is 0.148. The van der Waals surface area contributed by atoms with Crippen LogP contribution in [0.5, 0.6) is 0 Å². The lowest BCUT2D eigenvalue weighted by Gasteiger charge is -2.14. The Morgan fingerprint density at radius 2 is 1.84 bits per heavy atom. The number of nitrogens with one attached hydrogen (secondary N) is 2. The minimum Gasteiger partial charge on any atom is -0.340 e. The van der Waals surface area contributed by atoms with E-state index < -0.39 is 11.7 Å². The van der Waals surface area contributed by atoms with Gasteiger partial charge in [0.25, 0.3) is 0 Å². The third kappa shape index (κ3) is 4.90. The van der Waals surface area contributed by atoms with Crippen LogP contribution in [-0.2, 0) is 11.0 Å². The number of rotatable bonds is 5. The van der Waals surface area contributed by atoms with E-state index in [1.165, 1.54) is 12.4 Å². The van der Waals surface area contributed by atoms with E-state index >= 15 is 0 Å². The molecule has 0 unspecified atom stereocenters. The molecule has 5 aromatic rings. The second kappa shape index (κ2) is 9.45. The van der Waals surface area contributed by atoms with E-state index in [1.807, 2.05) is 37.3 Å². The Labute approximate surface area is 209 Å². The molecular weight excluding hydrogens is 481 g/mol. The largest absolute Gasteiger partial charge is 0.416 e. The van der Waals surface area contributed by atoms with Gasteiger partial charge in [0.2, 0.25) is 11.9 Å². The van der Waals surface area contributed by atoms with Gasteiger partial charge in [0.05, 0.1) is 16.6 Å². The van der Waals surface area contributed by atoms with Crippen LogP contribution in [0.3, 0.4) is 0 Å². The monoisotopic (exact) mass is 502 g/mol. The Hall–Kier alpha value is -4.60. The van der Waals surface area contributed by atoms with Gasteiger partial charge in [-0.2, -0.15) is 13.2 Å². The van der Waals surface area contributed by atoms with Crippen LogP contribution < -0.4 is 10.6 Å². The normalized spacial score (nSPS) is 11.6. The molecule has 0 aliphatic carbocycles. The topological polar surface area (TPSA) is 92.7 Å². The molecule has 37 heavy (non-hydrogen) atoms. The molecule has 0 fully saturated rings. The number of benzene rings is 3. The highest BCUT2D eigenvalue weighted by Crippen LogP contribution is 2.36. The molecule has 2 aromatic heterocycles. The van der Waals surface area contributed by atoms with Crippen molar-refractivity contribution in [3.05, 3.63) is 78.2 Å². The number of hydrogen-bond donors (Lipinski definition) is 2. The van der Waals surface area contributed by atoms with Crippen molar-refractivity contribution in [3.8, 4) is 11.1 Å². The van der Waals surface area contributed by atoms with Gasteiger partial charge in [-0.15, -0.1) is 0 Å². The molecule has 0 atom stereocenters. The Bertz CT molecular complexity index is 1650. The number of carbonyl (C=O) groups excluding carboxylic acids is 1. The lowest BCUT2D eigenvalue weighted by molar-refractivity contribution is -0.137. The number of halogens is 3. The number of amides is 1. The number of aromatic nitrogens is 4. The Morgan fingerprint density at radius 3 is 2.62 bits per heavy atom. The van der Waals surface area contributed by atoms with Gasteiger partial charge in [-0.25, -0.2) is 19.9 Å². The molecule has 2 heterocycles. The minimum atomic E-state index is -4.45. The average molecular weight is 503 g/mol. The van der Waals surface area contributed by atoms with Gasteiger partial charge in [-0.05, 0) is 54.4 Å². The lowest BCUT2D eigenvalue weighted by atomic mass is 9.96. The van der Waals surface area contributed by atoms with E-state index in [2.05, 4.69) is 30.6 Å². The first-order chi connectivity index (χ1) is 17.7. The lowest BCUT2D eigenvalue weighted by Crippen LogP contribution is -2.12. The summed E-state index contributed by atoms with van der Waals surface area (Å²) in [5, 5.41) is 7.10. The molecule has 0 bridgehead atoms. The SMILES string of the molecule is CCC(=O)Nc1ncc2cc(-c3c(C)ccc4c(Nc5cccc(C(F)(F)F)c5)ncnc34)ccc2n1. The van der Waals surface area contributed by atoms with Gasteiger partial charge < -0.3 is 5.32 Å². The zero-order valence-corrected chi connectivity index (χ0v) is 19.9. The number of carbonyl (C=O) groups is 1. The van der Waals surface area contributed by atoms with Crippen LogP contribution in [0.1, 0.15) is 24.5 Å². The maximum absolute atomic E-state index is 13.2. The van der Waals surface area contributed by atoms with E-state index in [-0.39, 0.29) is 17.5 Å². The molecule has 186 valence electrons. The summed E-state index contributed by atoms with van der Waals surface area (Å²) in [5.74, 6) is 0.467. The molecule has 7 nitrogen and oxygen atoms in total. The van der Waals surface area contributed by atoms with Crippen molar-refractivity contribution in [2.75, 3.05) is 10.6 Å². The Morgan fingerprint density at radius 1 is 1.00 bits per heavy atom. The quantitative estimate of drug-likeness (QED) is 0.279. The summed E-state index contributed by atoms with van der Waals surface area (Å²) < 4.78 is 39.5. The van der Waals surface area contributed by atoms with E-state index in [0.717, 1.165) is 34.2 Å². The summed E-state index contributed by atoms with van der Waals surface area (Å²) >= 11 is 0. The summed E-state index contributed by atoms with van der Waals surface area (Å²) in [6.07, 6.45) is -1.09. The van der Waals surface area contributed by atoms with Gasteiger partial charge >= 0.3 is 6.18 Å². The van der Waals surface area contributed by atoms with E-state index in [4.69, 9.17) is 0 Å². The third-order valence-corrected chi connectivity index (χ3v) is 5.91. The molecule has 10 heteroatoms. The first-order valence-corrected chi connectivity index (χ1v) is 11.5. The van der Waals surface area contributed by atoms with Gasteiger partial charge in [0, 0.05) is 34.6 Å². The fourth-order valence-corrected chi connectivity index (χ4v) is 4.07. The first-order valence-electron chi connectivity index (χ1n) is 11.5. The molecule has 0 aliphatic rings. The zero-order chi connectivity index (χ0) is 26.2. The highest BCUT2D eigenvalue weighted by Gasteiger charge is 2.30. The summed E-state index contributed by atoms with van der Waals surface area (Å²) in [7, 11) is 0. The van der Waals surface area contributed by atoms with Gasteiger partial charge in [-0.3, -0.25) is 10.1 Å². The van der Waals surface area contributed by atoms with Crippen molar-refractivity contribution < 1.29 is 18.0 Å². The number of nitrogens with zero attached hydrogens (tertiary/aromatic N) is 4. The van der Waals surface area contributed by atoms with Crippen LogP contribution in [0, 0.1) is 6.92 Å². The summed E-state index contributed by atoms with van der Waals surface area (Å²) in [6.45, 7) is 3.71. The van der Waals surface area contributed by atoms with Crippen molar-refractivity contribution in [3.63, 3.8) is 0 Å². The Balaban J connectivity index is 1.55. The van der Waals surface area contributed by atoms with Crippen LogP contribution in [0.2, 0.25) is 0 Å². The number of hydrogen-bond acceptors (Lipinski definition) is 6. The second-order valence-electron chi connectivity index (χ2n) is 8.45. The maximum Gasteiger partial charge on any atom is 0.416 e. The predicted octanol–water partition coefficient (Wildman–Crippen LogP) is 6.66. The summed E-state index contributed by atoms with van der Waals surface area (Å²) in [5.41, 5.74) is 3.53. The maximum atomic E-state index is 13.2. The molecule has 0 saturated carbocycles. The fourth-order valence-electron chi connectivity index (χ4n) is 4.07. The second-order valence-corrected chi connectivity index (χ2v) is 8.45. The molecule has 5 rings (SSSR count). The first kappa shape index (κ1) is 24.1. The van der Waals surface area contributed by atoms with E-state index in [9.17, 15) is 18.0 Å². The molecule has 0 spiro atoms. The molecule has 0 saturated heterocycles. The van der Waals surface area contributed by atoms with Crippen LogP contribution in [0.4, 0.5) is 30.6 Å². The standard InChI is InChI=1S/C27H21F3N6O/c1-3-22(37)36-26-31-13-17-11-16(8-10-21(17)35-26)23-15(2)7-9-20-24(23)32-14-33-25(20)34-19-6-4-5-18(12-19)27(28,29)30/h4-14H,3H2,1-2H3,(H,32,33,34)(H,31,35,36,37). The van der Waals surface area contributed by atoms with Crippen molar-refractivity contribution in [1.82, 2.24) is 19.9 Å². The molecule has 1 amide bonds. The van der Waals surface area contributed by atoms with Crippen LogP contribution in [0.15, 0.2) is 67.1 Å². The van der Waals surface area contributed by atoms with Crippen LogP contribution in [0.25, 0.3) is 32.9 Å². The van der Waals surface area contributed by atoms with Crippen molar-refractivity contribution >= 4 is 45.2 Å². The third-order valence-electron chi connectivity index (χ3n) is 5.91. The predicted molar refractivity (Wildman–Crippen MR) is 136 cm³/mol. The highest BCUT2D eigenvalue weighted by atomic mass is 19.4. The summed E-state index contributed by atoms with van der Waals surface area (Å²) in [6, 6.07) is 14.4. The van der Waals surface area contributed by atoms with Gasteiger partial charge in [0.15, 0.2) is 0 Å². The summed E-state index contributed by atoms with van der Waals surface area (Å²) in [4.78, 5) is 29.1. The molecule has 3 aromatic carbocycles. The average Bonchev–Trinajstić information content (AvgIpc) is 2.88. The smallest absolute Gasteiger partial charge is 0.340 e. The van der Waals surface area contributed by atoms with Crippen molar-refractivity contribution in [1.29, 1.82) is 0 Å². The highest BCUT2D eigenvalue weighted by molar-refractivity contribution is 6.02. The number of anilines is 3. The van der Waals surface area contributed by atoms with E-state index in [1.54, 1.807) is 19.2 Å². The Kier molecular flexibility index (Phi) is 6.16. The van der Waals surface area contributed by atoms with Crippen molar-refractivity contribution in [2.45, 2.75) is 26.4 Å². The molecule has 0 radical (unpaired) electrons. The molecule has 2 N–H and O–H groups in total. The van der Waals surface area contributed by atoms with Crippen LogP contribution in [-0.4, -0.2) is 25.8 Å². The molecule has 0 aliphatic heterocycles. The van der Waals surface area contributed by atoms with Crippen LogP contribution >= 0.6 is 0 Å². The van der Waals surface area contributed by atoms with E-state index in [0.29, 0.717) is 28.7 Å². The van der Waals surface area contributed by atoms with Gasteiger partial charge in [0.1, 0.15) is 12.1 Å². The van der Waals surface area contributed by atoms with Gasteiger partial charge in [-0.1, -0.05) is 25.1 Å². The molecular formula is C27H21F3N6O. The van der Waals surface area contributed by atoms with Crippen molar-refractivity contribution in [2.24, 2.45) is 0 Å².